The molecule has 0 aromatic heterocycles. The van der Waals surface area contributed by atoms with Crippen LogP contribution in [0.1, 0.15) is 141 Å². The second-order valence-corrected chi connectivity index (χ2v) is 12.4. The number of benzene rings is 2. The summed E-state index contributed by atoms with van der Waals surface area (Å²) in [6.07, 6.45) is 16.9. The number of unbranched alkanes of at least 4 members (excludes halogenated alkanes) is 10. The third-order valence-electron chi connectivity index (χ3n) is 9.16. The third-order valence-corrected chi connectivity index (χ3v) is 9.16. The van der Waals surface area contributed by atoms with E-state index in [1.165, 1.54) is 106 Å². The number of hydrogen-bond donors (Lipinski definition) is 0. The average molecular weight is 596 g/mol. The molecule has 0 fully saturated rings. The molecule has 0 aliphatic rings. The molecular weight excluding hydrogens is 529 g/mol. The Morgan fingerprint density at radius 2 is 0.884 bits per heavy atom. The summed E-state index contributed by atoms with van der Waals surface area (Å²) in [5, 5.41) is 12.8. The normalized spacial score (nSPS) is 11.2. The standard InChI is InChI=1S/C30H46BO3.C8H20N/c1-5-7-9-11-13-15-17-27-23-25(3)19-21-29(27)33-31(32)34-30-22-20-26(4)24-28(30)18-16-14-12-10-8-6-2;1-5-9(6-2,7-3)8-4/h19-24H,5-18H2,1-4H3;5-8H2,1-4H3/q-1;+1. The van der Waals surface area contributed by atoms with Gasteiger partial charge in [0.2, 0.25) is 0 Å². The van der Waals surface area contributed by atoms with Gasteiger partial charge in [-0.05, 0) is 90.5 Å². The Morgan fingerprint density at radius 3 is 1.21 bits per heavy atom. The van der Waals surface area contributed by atoms with Crippen molar-refractivity contribution in [1.29, 1.82) is 0 Å². The van der Waals surface area contributed by atoms with Crippen LogP contribution in [0.25, 0.3) is 0 Å². The van der Waals surface area contributed by atoms with Crippen molar-refractivity contribution in [3.8, 4) is 11.5 Å². The summed E-state index contributed by atoms with van der Waals surface area (Å²) in [5.41, 5.74) is 4.60. The lowest BCUT2D eigenvalue weighted by Gasteiger charge is -2.34. The van der Waals surface area contributed by atoms with Crippen LogP contribution in [0, 0.1) is 13.8 Å². The monoisotopic (exact) mass is 596 g/mol. The highest BCUT2D eigenvalue weighted by molar-refractivity contribution is 6.34. The summed E-state index contributed by atoms with van der Waals surface area (Å²) in [7, 11) is -1.57. The van der Waals surface area contributed by atoms with Gasteiger partial charge >= 0.3 is 7.32 Å². The first-order valence-corrected chi connectivity index (χ1v) is 17.8. The Morgan fingerprint density at radius 1 is 0.535 bits per heavy atom. The van der Waals surface area contributed by atoms with Gasteiger partial charge in [-0.25, -0.2) is 0 Å². The fourth-order valence-corrected chi connectivity index (χ4v) is 5.80. The van der Waals surface area contributed by atoms with Crippen LogP contribution < -0.4 is 14.3 Å². The molecule has 0 saturated carbocycles. The molecule has 0 atom stereocenters. The molecule has 0 N–H and O–H groups in total. The molecule has 0 heterocycles. The van der Waals surface area contributed by atoms with Gasteiger partial charge in [0.05, 0.1) is 26.2 Å². The first-order valence-electron chi connectivity index (χ1n) is 17.8. The molecule has 4 nitrogen and oxygen atoms in total. The predicted octanol–water partition coefficient (Wildman–Crippen LogP) is 9.80. The van der Waals surface area contributed by atoms with Crippen LogP contribution in [0.3, 0.4) is 0 Å². The fraction of sp³-hybridized carbons (Fsp3) is 0.684. The van der Waals surface area contributed by atoms with Gasteiger partial charge in [-0.3, -0.25) is 0 Å². The quantitative estimate of drug-likeness (QED) is 0.0773. The van der Waals surface area contributed by atoms with E-state index in [4.69, 9.17) is 9.31 Å². The van der Waals surface area contributed by atoms with Gasteiger partial charge in [0, 0.05) is 0 Å². The SMILES string of the molecule is CCCCCCCCc1cc(C)ccc1OB([O-])Oc1ccc(C)cc1CCCCCCCC.CC[N+](CC)(CC)CC. The number of rotatable bonds is 22. The highest BCUT2D eigenvalue weighted by atomic mass is 16.7. The molecule has 2 aromatic carbocycles. The Bertz CT molecular complexity index is 891. The molecule has 43 heavy (non-hydrogen) atoms. The minimum absolute atomic E-state index is 0.656. The van der Waals surface area contributed by atoms with E-state index in [1.807, 2.05) is 24.3 Å². The van der Waals surface area contributed by atoms with Crippen molar-refractivity contribution in [3.63, 3.8) is 0 Å². The zero-order chi connectivity index (χ0) is 31.9. The van der Waals surface area contributed by atoms with Gasteiger partial charge in [0.25, 0.3) is 0 Å². The fourth-order valence-electron chi connectivity index (χ4n) is 5.80. The first-order chi connectivity index (χ1) is 20.8. The van der Waals surface area contributed by atoms with Crippen LogP contribution in [0.5, 0.6) is 11.5 Å². The van der Waals surface area contributed by atoms with E-state index in [9.17, 15) is 5.02 Å². The lowest BCUT2D eigenvalue weighted by atomic mass is 10.0. The van der Waals surface area contributed by atoms with E-state index in [0.717, 1.165) is 36.8 Å². The van der Waals surface area contributed by atoms with Gasteiger partial charge in [0.15, 0.2) is 0 Å². The smallest absolute Gasteiger partial charge is 0.492 e. The molecule has 0 radical (unpaired) electrons. The summed E-state index contributed by atoms with van der Waals surface area (Å²) in [4.78, 5) is 0. The number of aryl methyl sites for hydroxylation is 4. The van der Waals surface area contributed by atoms with Crippen LogP contribution in [-0.4, -0.2) is 38.0 Å². The molecule has 244 valence electrons. The number of hydrogen-bond acceptors (Lipinski definition) is 3. The Kier molecular flexibility index (Phi) is 21.3. The maximum absolute atomic E-state index is 12.8. The minimum atomic E-state index is -1.57. The van der Waals surface area contributed by atoms with Crippen molar-refractivity contribution in [3.05, 3.63) is 58.7 Å². The van der Waals surface area contributed by atoms with Crippen molar-refractivity contribution < 1.29 is 18.8 Å². The molecule has 0 spiro atoms. The molecule has 0 bridgehead atoms. The molecule has 0 amide bonds. The summed E-state index contributed by atoms with van der Waals surface area (Å²) >= 11 is 0. The van der Waals surface area contributed by atoms with Crippen LogP contribution in [0.2, 0.25) is 0 Å². The van der Waals surface area contributed by atoms with Crippen LogP contribution in [-0.2, 0) is 12.8 Å². The zero-order valence-electron chi connectivity index (χ0n) is 29.4. The maximum Gasteiger partial charge on any atom is 0.492 e. The van der Waals surface area contributed by atoms with Crippen molar-refractivity contribution in [2.75, 3.05) is 26.2 Å². The number of quaternary nitrogens is 1. The second-order valence-electron chi connectivity index (χ2n) is 12.4. The second kappa shape index (κ2) is 23.4. The first kappa shape index (κ1) is 39.0. The molecule has 0 unspecified atom stereocenters. The van der Waals surface area contributed by atoms with Crippen LogP contribution in [0.15, 0.2) is 36.4 Å². The van der Waals surface area contributed by atoms with Gasteiger partial charge in [-0.2, -0.15) is 0 Å². The van der Waals surface area contributed by atoms with Crippen molar-refractivity contribution >= 4 is 7.32 Å². The lowest BCUT2D eigenvalue weighted by Crippen LogP contribution is -2.47. The summed E-state index contributed by atoms with van der Waals surface area (Å²) in [5.74, 6) is 1.31. The minimum Gasteiger partial charge on any atom is -0.808 e. The van der Waals surface area contributed by atoms with Crippen LogP contribution >= 0.6 is 0 Å². The molecule has 2 aromatic rings. The molecule has 2 rings (SSSR count). The van der Waals surface area contributed by atoms with Gasteiger partial charge in [-0.1, -0.05) is 113 Å². The van der Waals surface area contributed by atoms with E-state index >= 15 is 0 Å². The Balaban J connectivity index is 0.000000887. The highest BCUT2D eigenvalue weighted by Gasteiger charge is 2.16. The highest BCUT2D eigenvalue weighted by Crippen LogP contribution is 2.26. The van der Waals surface area contributed by atoms with E-state index in [-0.39, 0.29) is 0 Å². The molecule has 0 saturated heterocycles. The lowest BCUT2D eigenvalue weighted by molar-refractivity contribution is -0.921. The van der Waals surface area contributed by atoms with Crippen molar-refractivity contribution in [2.45, 2.75) is 145 Å². The predicted molar refractivity (Wildman–Crippen MR) is 186 cm³/mol. The largest absolute Gasteiger partial charge is 0.808 e. The average Bonchev–Trinajstić information content (AvgIpc) is 3.01. The maximum atomic E-state index is 12.8. The molecular formula is C38H66BNO3. The van der Waals surface area contributed by atoms with Crippen molar-refractivity contribution in [2.24, 2.45) is 0 Å². The van der Waals surface area contributed by atoms with Crippen LogP contribution in [0.4, 0.5) is 0 Å². The van der Waals surface area contributed by atoms with Gasteiger partial charge in [0.1, 0.15) is 11.5 Å². The summed E-state index contributed by atoms with van der Waals surface area (Å²) in [6, 6.07) is 12.1. The number of nitrogens with zero attached hydrogens (tertiary/aromatic N) is 1. The van der Waals surface area contributed by atoms with E-state index < -0.39 is 7.32 Å². The Labute approximate surface area is 267 Å². The van der Waals surface area contributed by atoms with E-state index in [0.29, 0.717) is 11.5 Å². The molecule has 5 heteroatoms. The van der Waals surface area contributed by atoms with Gasteiger partial charge in [-0.15, -0.1) is 0 Å². The molecule has 0 aliphatic heterocycles. The zero-order valence-corrected chi connectivity index (χ0v) is 29.4. The van der Waals surface area contributed by atoms with Crippen molar-refractivity contribution in [1.82, 2.24) is 0 Å². The van der Waals surface area contributed by atoms with E-state index in [2.05, 4.69) is 67.5 Å². The van der Waals surface area contributed by atoms with E-state index in [1.54, 1.807) is 0 Å². The van der Waals surface area contributed by atoms with Gasteiger partial charge < -0.3 is 18.8 Å². The summed E-state index contributed by atoms with van der Waals surface area (Å²) in [6.45, 7) is 22.9. The summed E-state index contributed by atoms with van der Waals surface area (Å²) < 4.78 is 12.8. The molecule has 0 aliphatic carbocycles. The Hall–Kier alpha value is -1.98. The third kappa shape index (κ3) is 16.1. The topological polar surface area (TPSA) is 41.5 Å².